The molecule has 5 fully saturated rings. The van der Waals surface area contributed by atoms with Crippen molar-refractivity contribution in [1.82, 2.24) is 0 Å². The lowest BCUT2D eigenvalue weighted by molar-refractivity contribution is 0.0503. The Hall–Kier alpha value is -0.210. The van der Waals surface area contributed by atoms with Crippen LogP contribution in [0.15, 0.2) is 11.3 Å². The van der Waals surface area contributed by atoms with Crippen LogP contribution in [0.25, 0.3) is 0 Å². The van der Waals surface area contributed by atoms with E-state index in [1.54, 1.807) is 5.57 Å². The lowest BCUT2D eigenvalue weighted by Gasteiger charge is -2.52. The zero-order chi connectivity index (χ0) is 14.6. The monoisotopic (exact) mass is 310 g/mol. The van der Waals surface area contributed by atoms with Gasteiger partial charge in [0.15, 0.2) is 0 Å². The first kappa shape index (κ1) is 14.4. The molecule has 3 atom stereocenters. The molecule has 0 heterocycles. The van der Waals surface area contributed by atoms with Gasteiger partial charge in [0.25, 0.3) is 0 Å². The number of alkyl halides is 1. The topological polar surface area (TPSA) is 29.5 Å². The zero-order valence-electron chi connectivity index (χ0n) is 12.9. The lowest BCUT2D eigenvalue weighted by atomic mass is 9.53. The van der Waals surface area contributed by atoms with E-state index in [9.17, 15) is 5.11 Å². The Morgan fingerprint density at radius 1 is 0.952 bits per heavy atom. The Balaban J connectivity index is 1.64. The predicted octanol–water partition coefficient (Wildman–Crippen LogP) is 4.11. The van der Waals surface area contributed by atoms with Gasteiger partial charge < -0.3 is 9.84 Å². The highest BCUT2D eigenvalue weighted by molar-refractivity contribution is 6.20. The van der Waals surface area contributed by atoms with Gasteiger partial charge >= 0.3 is 0 Å². The van der Waals surface area contributed by atoms with Crippen molar-refractivity contribution in [2.45, 2.75) is 62.8 Å². The molecule has 0 amide bonds. The number of hydrogen-bond acceptors (Lipinski definition) is 2. The summed E-state index contributed by atoms with van der Waals surface area (Å²) in [5.74, 6) is 5.05. The predicted molar refractivity (Wildman–Crippen MR) is 84.1 cm³/mol. The summed E-state index contributed by atoms with van der Waals surface area (Å²) >= 11 is 6.36. The van der Waals surface area contributed by atoms with E-state index in [1.807, 2.05) is 7.11 Å². The molecule has 5 aliphatic rings. The maximum atomic E-state index is 10.1. The van der Waals surface area contributed by atoms with Gasteiger partial charge in [0.1, 0.15) is 0 Å². The van der Waals surface area contributed by atoms with Crippen molar-refractivity contribution in [2.24, 2.45) is 29.6 Å². The minimum Gasteiger partial charge on any atom is -0.501 e. The number of halogens is 1. The van der Waals surface area contributed by atoms with Gasteiger partial charge in [-0.1, -0.05) is 0 Å². The van der Waals surface area contributed by atoms with Crippen LogP contribution in [0.1, 0.15) is 51.4 Å². The van der Waals surface area contributed by atoms with Gasteiger partial charge in [0, 0.05) is 11.3 Å². The fraction of sp³-hybridized carbons (Fsp3) is 0.889. The lowest BCUT2D eigenvalue weighted by Crippen LogP contribution is -2.42. The van der Waals surface area contributed by atoms with Crippen molar-refractivity contribution in [3.05, 3.63) is 11.3 Å². The second-order valence-corrected chi connectivity index (χ2v) is 8.60. The molecule has 0 radical (unpaired) electrons. The summed E-state index contributed by atoms with van der Waals surface area (Å²) < 4.78 is 5.92. The average molecular weight is 311 g/mol. The largest absolute Gasteiger partial charge is 0.501 e. The van der Waals surface area contributed by atoms with Crippen LogP contribution in [0.5, 0.6) is 0 Å². The molecule has 3 unspecified atom stereocenters. The Morgan fingerprint density at radius 2 is 1.57 bits per heavy atom. The Bertz CT molecular complexity index is 404. The van der Waals surface area contributed by atoms with Crippen LogP contribution < -0.4 is 0 Å². The summed E-state index contributed by atoms with van der Waals surface area (Å²) in [6.45, 7) is 0. The molecule has 5 rings (SSSR count). The molecule has 5 aliphatic carbocycles. The summed E-state index contributed by atoms with van der Waals surface area (Å²) in [5.41, 5.74) is 1.63. The molecule has 0 spiro atoms. The molecule has 0 aromatic rings. The Kier molecular flexibility index (Phi) is 3.74. The highest BCUT2D eigenvalue weighted by Gasteiger charge is 2.47. The second-order valence-electron chi connectivity index (χ2n) is 7.98. The van der Waals surface area contributed by atoms with Crippen molar-refractivity contribution >= 4 is 11.6 Å². The molecule has 3 heteroatoms. The molecule has 4 bridgehead atoms. The summed E-state index contributed by atoms with van der Waals surface area (Å²) in [7, 11) is 1.83. The molecule has 0 aliphatic heterocycles. The number of ether oxygens (including phenoxy) is 1. The van der Waals surface area contributed by atoms with Crippen molar-refractivity contribution in [3.8, 4) is 0 Å². The summed E-state index contributed by atoms with van der Waals surface area (Å²) in [6, 6.07) is 0. The van der Waals surface area contributed by atoms with Gasteiger partial charge in [-0.05, 0) is 80.6 Å². The second kappa shape index (κ2) is 5.45. The van der Waals surface area contributed by atoms with E-state index in [0.29, 0.717) is 5.92 Å². The van der Waals surface area contributed by atoms with Gasteiger partial charge in [-0.2, -0.15) is 0 Å². The van der Waals surface area contributed by atoms with Gasteiger partial charge in [-0.15, -0.1) is 11.6 Å². The molecular weight excluding hydrogens is 284 g/mol. The number of aliphatic hydroxyl groups is 1. The molecule has 2 nitrogen and oxygen atoms in total. The standard InChI is InChI=1S/C18H27ClO2/c1-21-18(14-7-15(19)9-16(20)8-14)17-12-3-10-2-11(5-12)6-13(17)4-10/h10-16,20H,2-9H2,1H3. The van der Waals surface area contributed by atoms with E-state index >= 15 is 0 Å². The molecule has 0 aromatic carbocycles. The molecular formula is C18H27ClO2. The van der Waals surface area contributed by atoms with Gasteiger partial charge in [0.05, 0.1) is 19.0 Å². The molecule has 0 aromatic heterocycles. The summed E-state index contributed by atoms with van der Waals surface area (Å²) in [4.78, 5) is 0. The van der Waals surface area contributed by atoms with Crippen LogP contribution in [0.4, 0.5) is 0 Å². The van der Waals surface area contributed by atoms with Crippen LogP contribution in [-0.2, 0) is 4.74 Å². The van der Waals surface area contributed by atoms with Crippen molar-refractivity contribution in [2.75, 3.05) is 7.11 Å². The van der Waals surface area contributed by atoms with Crippen LogP contribution >= 0.6 is 11.6 Å². The van der Waals surface area contributed by atoms with E-state index in [1.165, 1.54) is 37.9 Å². The third kappa shape index (κ3) is 2.53. The summed E-state index contributed by atoms with van der Waals surface area (Å²) in [5, 5.41) is 10.2. The van der Waals surface area contributed by atoms with E-state index in [4.69, 9.17) is 16.3 Å². The van der Waals surface area contributed by atoms with Crippen molar-refractivity contribution in [1.29, 1.82) is 0 Å². The van der Waals surface area contributed by atoms with Gasteiger partial charge in [0.2, 0.25) is 0 Å². The van der Waals surface area contributed by atoms with Crippen molar-refractivity contribution in [3.63, 3.8) is 0 Å². The Labute approximate surface area is 132 Å². The highest BCUT2D eigenvalue weighted by atomic mass is 35.5. The Morgan fingerprint density at radius 3 is 2.10 bits per heavy atom. The highest BCUT2D eigenvalue weighted by Crippen LogP contribution is 2.58. The van der Waals surface area contributed by atoms with E-state index in [2.05, 4.69) is 0 Å². The molecule has 118 valence electrons. The van der Waals surface area contributed by atoms with Crippen LogP contribution in [0.2, 0.25) is 0 Å². The summed E-state index contributed by atoms with van der Waals surface area (Å²) in [6.07, 6.45) is 9.30. The first-order chi connectivity index (χ1) is 10.1. The average Bonchev–Trinajstić information content (AvgIpc) is 2.40. The smallest absolute Gasteiger partial charge is 0.0985 e. The number of hydrogen-bond donors (Lipinski definition) is 1. The van der Waals surface area contributed by atoms with E-state index in [0.717, 1.165) is 42.9 Å². The number of rotatable bonds is 2. The van der Waals surface area contributed by atoms with Gasteiger partial charge in [-0.3, -0.25) is 0 Å². The van der Waals surface area contributed by atoms with Crippen LogP contribution in [0, 0.1) is 29.6 Å². The minimum absolute atomic E-state index is 0.0985. The first-order valence-electron chi connectivity index (χ1n) is 8.74. The van der Waals surface area contributed by atoms with Crippen molar-refractivity contribution < 1.29 is 9.84 Å². The maximum absolute atomic E-state index is 10.1. The number of aliphatic hydroxyl groups excluding tert-OH is 1. The fourth-order valence-corrected chi connectivity index (χ4v) is 6.47. The quantitative estimate of drug-likeness (QED) is 0.614. The normalized spacial score (nSPS) is 48.5. The van der Waals surface area contributed by atoms with Crippen LogP contribution in [-0.4, -0.2) is 23.7 Å². The fourth-order valence-electron chi connectivity index (χ4n) is 6.05. The zero-order valence-corrected chi connectivity index (χ0v) is 13.7. The van der Waals surface area contributed by atoms with E-state index in [-0.39, 0.29) is 11.5 Å². The maximum Gasteiger partial charge on any atom is 0.0985 e. The third-order valence-electron chi connectivity index (χ3n) is 6.52. The molecule has 0 saturated heterocycles. The van der Waals surface area contributed by atoms with Gasteiger partial charge in [-0.25, -0.2) is 0 Å². The minimum atomic E-state index is -0.256. The van der Waals surface area contributed by atoms with E-state index < -0.39 is 0 Å². The number of allylic oxidation sites excluding steroid dienone is 2. The number of methoxy groups -OCH3 is 1. The third-order valence-corrected chi connectivity index (χ3v) is 6.87. The molecule has 21 heavy (non-hydrogen) atoms. The van der Waals surface area contributed by atoms with Crippen LogP contribution in [0.3, 0.4) is 0 Å². The first-order valence-corrected chi connectivity index (χ1v) is 9.17. The SMILES string of the molecule is COC(=C1C2CC3CC(C2)CC1C3)C1CC(O)CC(Cl)C1. The molecule has 1 N–H and O–H groups in total. The molecule has 5 saturated carbocycles.